The molecule has 2 aromatic heterocycles. The van der Waals surface area contributed by atoms with E-state index in [0.29, 0.717) is 37.7 Å². The predicted octanol–water partition coefficient (Wildman–Crippen LogP) is 2.90. The van der Waals surface area contributed by atoms with Crippen LogP contribution in [-0.4, -0.2) is 46.2 Å². The molecule has 0 unspecified atom stereocenters. The Labute approximate surface area is 144 Å². The first-order valence-corrected chi connectivity index (χ1v) is 9.47. The molecule has 2 fully saturated rings. The molecule has 0 N–H and O–H groups in total. The molecule has 1 saturated heterocycles. The molecule has 0 spiro atoms. The molecule has 128 valence electrons. The molecule has 1 saturated carbocycles. The third kappa shape index (κ3) is 3.23. The van der Waals surface area contributed by atoms with Gasteiger partial charge in [-0.15, -0.1) is 11.3 Å². The van der Waals surface area contributed by atoms with Gasteiger partial charge in [0.05, 0.1) is 23.6 Å². The normalized spacial score (nSPS) is 23.9. The fourth-order valence-corrected chi connectivity index (χ4v) is 4.28. The SMILES string of the molecule is O=C(CCc1nc(-c2cccs2)no1)N1CCO[C@@H]2CCCC[C@@H]21. The van der Waals surface area contributed by atoms with Crippen LogP contribution in [0.25, 0.3) is 10.7 Å². The second-order valence-electron chi connectivity index (χ2n) is 6.34. The lowest BCUT2D eigenvalue weighted by atomic mass is 9.90. The summed E-state index contributed by atoms with van der Waals surface area (Å²) in [6.45, 7) is 1.35. The maximum absolute atomic E-state index is 12.6. The Balaban J connectivity index is 1.36. The number of morpholine rings is 1. The molecule has 1 amide bonds. The standard InChI is InChI=1S/C17H21N3O3S/c21-16(20-9-10-22-13-5-2-1-4-12(13)20)8-7-15-18-17(19-23-15)14-6-3-11-24-14/h3,6,11-13H,1-2,4-5,7-10H2/t12-,13+/m0/s1. The molecule has 1 aliphatic carbocycles. The van der Waals surface area contributed by atoms with Gasteiger partial charge in [-0.05, 0) is 24.3 Å². The van der Waals surface area contributed by atoms with E-state index in [9.17, 15) is 4.79 Å². The van der Waals surface area contributed by atoms with E-state index < -0.39 is 0 Å². The van der Waals surface area contributed by atoms with Gasteiger partial charge in [0.1, 0.15) is 0 Å². The van der Waals surface area contributed by atoms with Crippen LogP contribution in [0, 0.1) is 0 Å². The third-order valence-electron chi connectivity index (χ3n) is 4.81. The van der Waals surface area contributed by atoms with Gasteiger partial charge in [0, 0.05) is 19.4 Å². The van der Waals surface area contributed by atoms with Crippen molar-refractivity contribution in [1.29, 1.82) is 0 Å². The van der Waals surface area contributed by atoms with Crippen LogP contribution in [0.15, 0.2) is 22.0 Å². The lowest BCUT2D eigenvalue weighted by Crippen LogP contribution is -2.54. The van der Waals surface area contributed by atoms with Crippen molar-refractivity contribution in [2.75, 3.05) is 13.2 Å². The molecule has 7 heteroatoms. The highest BCUT2D eigenvalue weighted by Crippen LogP contribution is 2.29. The summed E-state index contributed by atoms with van der Waals surface area (Å²) < 4.78 is 11.1. The van der Waals surface area contributed by atoms with Gasteiger partial charge in [0.15, 0.2) is 0 Å². The van der Waals surface area contributed by atoms with Gasteiger partial charge in [-0.25, -0.2) is 0 Å². The van der Waals surface area contributed by atoms with Crippen molar-refractivity contribution in [3.05, 3.63) is 23.4 Å². The summed E-state index contributed by atoms with van der Waals surface area (Å²) in [7, 11) is 0. The quantitative estimate of drug-likeness (QED) is 0.851. The molecule has 6 nitrogen and oxygen atoms in total. The largest absolute Gasteiger partial charge is 0.374 e. The van der Waals surface area contributed by atoms with E-state index in [4.69, 9.17) is 9.26 Å². The maximum atomic E-state index is 12.6. The van der Waals surface area contributed by atoms with E-state index in [1.165, 1.54) is 12.8 Å². The van der Waals surface area contributed by atoms with Crippen LogP contribution in [0.1, 0.15) is 38.0 Å². The van der Waals surface area contributed by atoms with Crippen molar-refractivity contribution in [2.24, 2.45) is 0 Å². The number of carbonyl (C=O) groups is 1. The number of nitrogens with zero attached hydrogens (tertiary/aromatic N) is 3. The van der Waals surface area contributed by atoms with Crippen LogP contribution in [0.4, 0.5) is 0 Å². The van der Waals surface area contributed by atoms with Crippen molar-refractivity contribution in [1.82, 2.24) is 15.0 Å². The fourth-order valence-electron chi connectivity index (χ4n) is 3.63. The molecule has 0 radical (unpaired) electrons. The van der Waals surface area contributed by atoms with Crippen molar-refractivity contribution in [3.63, 3.8) is 0 Å². The summed E-state index contributed by atoms with van der Waals surface area (Å²) in [4.78, 5) is 20.0. The first kappa shape index (κ1) is 15.8. The van der Waals surface area contributed by atoms with Crippen LogP contribution in [0.5, 0.6) is 0 Å². The highest BCUT2D eigenvalue weighted by molar-refractivity contribution is 7.13. The first-order valence-electron chi connectivity index (χ1n) is 8.59. The Morgan fingerprint density at radius 3 is 3.17 bits per heavy atom. The lowest BCUT2D eigenvalue weighted by Gasteiger charge is -2.43. The number of aromatic nitrogens is 2. The second kappa shape index (κ2) is 7.03. The first-order chi connectivity index (χ1) is 11.8. The van der Waals surface area contributed by atoms with Crippen molar-refractivity contribution >= 4 is 17.2 Å². The summed E-state index contributed by atoms with van der Waals surface area (Å²) in [6, 6.07) is 4.17. The van der Waals surface area contributed by atoms with Gasteiger partial charge in [0.2, 0.25) is 17.6 Å². The van der Waals surface area contributed by atoms with Gasteiger partial charge < -0.3 is 14.2 Å². The van der Waals surface area contributed by atoms with Crippen LogP contribution in [0.2, 0.25) is 0 Å². The Morgan fingerprint density at radius 2 is 2.29 bits per heavy atom. The molecule has 0 bridgehead atoms. The van der Waals surface area contributed by atoms with E-state index in [-0.39, 0.29) is 18.1 Å². The Morgan fingerprint density at radius 1 is 1.38 bits per heavy atom. The van der Waals surface area contributed by atoms with Gasteiger partial charge >= 0.3 is 0 Å². The number of fused-ring (bicyclic) bond motifs is 1. The average Bonchev–Trinajstić information content (AvgIpc) is 3.30. The van der Waals surface area contributed by atoms with Gasteiger partial charge in [0.25, 0.3) is 0 Å². The Bertz CT molecular complexity index is 683. The lowest BCUT2D eigenvalue weighted by molar-refractivity contribution is -0.149. The molecule has 24 heavy (non-hydrogen) atoms. The van der Waals surface area contributed by atoms with Crippen molar-refractivity contribution in [2.45, 2.75) is 50.7 Å². The van der Waals surface area contributed by atoms with Crippen molar-refractivity contribution < 1.29 is 14.1 Å². The Hall–Kier alpha value is -1.73. The molecule has 2 aliphatic rings. The molecule has 2 aromatic rings. The van der Waals surface area contributed by atoms with E-state index in [0.717, 1.165) is 17.7 Å². The molecule has 4 rings (SSSR count). The zero-order valence-corrected chi connectivity index (χ0v) is 14.3. The number of rotatable bonds is 4. The van der Waals surface area contributed by atoms with Gasteiger partial charge in [-0.1, -0.05) is 24.1 Å². The Kier molecular flexibility index (Phi) is 4.62. The summed E-state index contributed by atoms with van der Waals surface area (Å²) >= 11 is 1.57. The molecular formula is C17H21N3O3S. The minimum Gasteiger partial charge on any atom is -0.374 e. The molecular weight excluding hydrogens is 326 g/mol. The van der Waals surface area contributed by atoms with Crippen molar-refractivity contribution in [3.8, 4) is 10.7 Å². The summed E-state index contributed by atoms with van der Waals surface area (Å²) in [5.41, 5.74) is 0. The minimum atomic E-state index is 0.172. The second-order valence-corrected chi connectivity index (χ2v) is 7.28. The molecule has 1 aliphatic heterocycles. The number of amides is 1. The number of carbonyl (C=O) groups excluding carboxylic acids is 1. The predicted molar refractivity (Wildman–Crippen MR) is 89.6 cm³/mol. The highest BCUT2D eigenvalue weighted by atomic mass is 32.1. The number of ether oxygens (including phenoxy) is 1. The topological polar surface area (TPSA) is 68.5 Å². The van der Waals surface area contributed by atoms with E-state index in [2.05, 4.69) is 10.1 Å². The van der Waals surface area contributed by atoms with Crippen LogP contribution in [0.3, 0.4) is 0 Å². The zero-order chi connectivity index (χ0) is 16.4. The number of hydrogen-bond donors (Lipinski definition) is 0. The van der Waals surface area contributed by atoms with E-state index in [1.807, 2.05) is 22.4 Å². The minimum absolute atomic E-state index is 0.172. The maximum Gasteiger partial charge on any atom is 0.227 e. The summed E-state index contributed by atoms with van der Waals surface area (Å²) in [5.74, 6) is 1.30. The third-order valence-corrected chi connectivity index (χ3v) is 5.68. The van der Waals surface area contributed by atoms with E-state index in [1.54, 1.807) is 11.3 Å². The average molecular weight is 347 g/mol. The fraction of sp³-hybridized carbons (Fsp3) is 0.588. The smallest absolute Gasteiger partial charge is 0.227 e. The zero-order valence-electron chi connectivity index (χ0n) is 13.5. The van der Waals surface area contributed by atoms with Crippen LogP contribution >= 0.6 is 11.3 Å². The molecule has 3 heterocycles. The summed E-state index contributed by atoms with van der Waals surface area (Å²) in [6.07, 6.45) is 5.65. The van der Waals surface area contributed by atoms with Gasteiger partial charge in [-0.2, -0.15) is 4.98 Å². The van der Waals surface area contributed by atoms with Crippen LogP contribution in [-0.2, 0) is 16.0 Å². The van der Waals surface area contributed by atoms with Gasteiger partial charge in [-0.3, -0.25) is 4.79 Å². The van der Waals surface area contributed by atoms with E-state index >= 15 is 0 Å². The molecule has 0 aromatic carbocycles. The monoisotopic (exact) mass is 347 g/mol. The number of thiophene rings is 1. The highest BCUT2D eigenvalue weighted by Gasteiger charge is 2.36. The number of hydrogen-bond acceptors (Lipinski definition) is 6. The molecule has 2 atom stereocenters. The number of aryl methyl sites for hydroxylation is 1. The summed E-state index contributed by atoms with van der Waals surface area (Å²) in [5, 5.41) is 5.97. The van der Waals surface area contributed by atoms with Crippen LogP contribution < -0.4 is 0 Å².